The first-order chi connectivity index (χ1) is 9.83. The molecular weight excluding hydrogens is 260 g/mol. The standard InChI is InChI=1S/C19H14S/c1-13-6-5-9-16-17-12-15(14-7-3-2-4-8-14)10-11-18(17)20-19(13)16/h2-12H,1H3. The average Bonchev–Trinajstić information content (AvgIpc) is 2.88. The van der Waals surface area contributed by atoms with E-state index >= 15 is 0 Å². The van der Waals surface area contributed by atoms with E-state index in [9.17, 15) is 0 Å². The molecule has 20 heavy (non-hydrogen) atoms. The van der Waals surface area contributed by atoms with Crippen molar-refractivity contribution in [2.45, 2.75) is 6.92 Å². The van der Waals surface area contributed by atoms with Crippen LogP contribution in [-0.4, -0.2) is 0 Å². The van der Waals surface area contributed by atoms with Crippen LogP contribution in [0.4, 0.5) is 0 Å². The zero-order chi connectivity index (χ0) is 13.5. The second kappa shape index (κ2) is 4.46. The lowest BCUT2D eigenvalue weighted by molar-refractivity contribution is 1.56. The predicted octanol–water partition coefficient (Wildman–Crippen LogP) is 6.03. The van der Waals surface area contributed by atoms with E-state index in [1.54, 1.807) is 0 Å². The second-order valence-corrected chi connectivity index (χ2v) is 6.18. The first-order valence-corrected chi connectivity index (χ1v) is 7.62. The molecule has 0 aliphatic rings. The molecule has 1 heteroatoms. The van der Waals surface area contributed by atoms with Crippen LogP contribution in [0.15, 0.2) is 66.7 Å². The van der Waals surface area contributed by atoms with E-state index in [2.05, 4.69) is 73.7 Å². The third-order valence-corrected chi connectivity index (χ3v) is 5.12. The summed E-state index contributed by atoms with van der Waals surface area (Å²) in [6, 6.07) is 24.0. The van der Waals surface area contributed by atoms with Crippen molar-refractivity contribution in [3.8, 4) is 11.1 Å². The van der Waals surface area contributed by atoms with Gasteiger partial charge in [0.25, 0.3) is 0 Å². The highest BCUT2D eigenvalue weighted by Gasteiger charge is 2.07. The molecule has 0 fully saturated rings. The van der Waals surface area contributed by atoms with Crippen LogP contribution in [0, 0.1) is 6.92 Å². The van der Waals surface area contributed by atoms with Crippen molar-refractivity contribution >= 4 is 31.5 Å². The van der Waals surface area contributed by atoms with Gasteiger partial charge in [0.05, 0.1) is 0 Å². The minimum Gasteiger partial charge on any atom is -0.135 e. The molecule has 4 aromatic rings. The molecule has 3 aromatic carbocycles. The summed E-state index contributed by atoms with van der Waals surface area (Å²) in [4.78, 5) is 0. The quantitative estimate of drug-likeness (QED) is 0.397. The topological polar surface area (TPSA) is 0 Å². The highest BCUT2D eigenvalue weighted by molar-refractivity contribution is 7.26. The number of aryl methyl sites for hydroxylation is 1. The van der Waals surface area contributed by atoms with Gasteiger partial charge in [-0.2, -0.15) is 0 Å². The zero-order valence-corrected chi connectivity index (χ0v) is 12.1. The molecule has 0 unspecified atom stereocenters. The summed E-state index contributed by atoms with van der Waals surface area (Å²) in [7, 11) is 0. The van der Waals surface area contributed by atoms with Gasteiger partial charge >= 0.3 is 0 Å². The third kappa shape index (κ3) is 1.75. The zero-order valence-electron chi connectivity index (χ0n) is 11.3. The molecule has 0 spiro atoms. The Kier molecular flexibility index (Phi) is 2.61. The maximum atomic E-state index is 2.32. The number of thiophene rings is 1. The molecule has 0 atom stereocenters. The SMILES string of the molecule is Cc1cccc2c1sc1ccc(-c3ccccc3)cc12. The monoisotopic (exact) mass is 274 g/mol. The van der Waals surface area contributed by atoms with Gasteiger partial charge in [-0.25, -0.2) is 0 Å². The van der Waals surface area contributed by atoms with Crippen molar-refractivity contribution in [3.05, 3.63) is 72.3 Å². The van der Waals surface area contributed by atoms with E-state index in [4.69, 9.17) is 0 Å². The van der Waals surface area contributed by atoms with Gasteiger partial charge in [-0.15, -0.1) is 11.3 Å². The van der Waals surface area contributed by atoms with Crippen molar-refractivity contribution in [3.63, 3.8) is 0 Å². The highest BCUT2D eigenvalue weighted by atomic mass is 32.1. The van der Waals surface area contributed by atoms with Gasteiger partial charge in [0.1, 0.15) is 0 Å². The molecule has 1 heterocycles. The fraction of sp³-hybridized carbons (Fsp3) is 0.0526. The van der Waals surface area contributed by atoms with Crippen molar-refractivity contribution < 1.29 is 0 Å². The molecule has 0 N–H and O–H groups in total. The Morgan fingerprint density at radius 3 is 2.40 bits per heavy atom. The summed E-state index contributed by atoms with van der Waals surface area (Å²) in [6.45, 7) is 2.19. The first kappa shape index (κ1) is 11.7. The summed E-state index contributed by atoms with van der Waals surface area (Å²) < 4.78 is 2.78. The van der Waals surface area contributed by atoms with Crippen molar-refractivity contribution in [1.29, 1.82) is 0 Å². The van der Waals surface area contributed by atoms with Crippen LogP contribution in [0.1, 0.15) is 5.56 Å². The molecule has 0 aliphatic heterocycles. The van der Waals surface area contributed by atoms with E-state index in [-0.39, 0.29) is 0 Å². The summed E-state index contributed by atoms with van der Waals surface area (Å²) in [5.74, 6) is 0. The van der Waals surface area contributed by atoms with Crippen LogP contribution in [0.25, 0.3) is 31.3 Å². The highest BCUT2D eigenvalue weighted by Crippen LogP contribution is 2.37. The van der Waals surface area contributed by atoms with Crippen LogP contribution >= 0.6 is 11.3 Å². The number of benzene rings is 3. The largest absolute Gasteiger partial charge is 0.135 e. The average molecular weight is 274 g/mol. The Bertz CT molecular complexity index is 901. The van der Waals surface area contributed by atoms with Crippen LogP contribution in [0.5, 0.6) is 0 Å². The van der Waals surface area contributed by atoms with E-state index in [1.165, 1.54) is 36.9 Å². The van der Waals surface area contributed by atoms with E-state index < -0.39 is 0 Å². The minimum absolute atomic E-state index is 1.28. The molecule has 4 rings (SSSR count). The molecule has 0 amide bonds. The van der Waals surface area contributed by atoms with Gasteiger partial charge in [-0.05, 0) is 35.7 Å². The van der Waals surface area contributed by atoms with Crippen LogP contribution in [0.3, 0.4) is 0 Å². The summed E-state index contributed by atoms with van der Waals surface area (Å²) in [5, 5.41) is 2.75. The summed E-state index contributed by atoms with van der Waals surface area (Å²) in [6.07, 6.45) is 0. The maximum Gasteiger partial charge on any atom is 0.0384 e. The number of hydrogen-bond donors (Lipinski definition) is 0. The van der Waals surface area contributed by atoms with Gasteiger partial charge in [0, 0.05) is 20.2 Å². The summed E-state index contributed by atoms with van der Waals surface area (Å²) in [5.41, 5.74) is 3.94. The van der Waals surface area contributed by atoms with Gasteiger partial charge in [0.2, 0.25) is 0 Å². The lowest BCUT2D eigenvalue weighted by Crippen LogP contribution is -1.76. The number of rotatable bonds is 1. The second-order valence-electron chi connectivity index (χ2n) is 5.13. The first-order valence-electron chi connectivity index (χ1n) is 6.80. The maximum absolute atomic E-state index is 2.32. The Hall–Kier alpha value is -2.12. The molecular formula is C19H14S. The van der Waals surface area contributed by atoms with Crippen molar-refractivity contribution in [2.75, 3.05) is 0 Å². The predicted molar refractivity (Wildman–Crippen MR) is 89.5 cm³/mol. The molecule has 0 radical (unpaired) electrons. The van der Waals surface area contributed by atoms with E-state index in [0.29, 0.717) is 0 Å². The van der Waals surface area contributed by atoms with Crippen molar-refractivity contribution in [1.82, 2.24) is 0 Å². The fourth-order valence-electron chi connectivity index (χ4n) is 2.75. The van der Waals surface area contributed by atoms with Crippen molar-refractivity contribution in [2.24, 2.45) is 0 Å². The van der Waals surface area contributed by atoms with Crippen LogP contribution in [0.2, 0.25) is 0 Å². The Balaban J connectivity index is 2.04. The lowest BCUT2D eigenvalue weighted by Gasteiger charge is -2.01. The molecule has 0 bridgehead atoms. The third-order valence-electron chi connectivity index (χ3n) is 3.80. The smallest absolute Gasteiger partial charge is 0.0384 e. The Morgan fingerprint density at radius 2 is 1.55 bits per heavy atom. The van der Waals surface area contributed by atoms with Gasteiger partial charge in [0.15, 0.2) is 0 Å². The number of hydrogen-bond acceptors (Lipinski definition) is 1. The van der Waals surface area contributed by atoms with E-state index in [1.807, 2.05) is 11.3 Å². The molecule has 0 saturated heterocycles. The summed E-state index contributed by atoms with van der Waals surface area (Å²) >= 11 is 1.89. The van der Waals surface area contributed by atoms with Gasteiger partial charge in [-0.3, -0.25) is 0 Å². The lowest BCUT2D eigenvalue weighted by atomic mass is 10.0. The molecule has 0 saturated carbocycles. The Labute approximate surface area is 122 Å². The number of fused-ring (bicyclic) bond motifs is 3. The van der Waals surface area contributed by atoms with Gasteiger partial charge in [-0.1, -0.05) is 54.6 Å². The molecule has 0 nitrogen and oxygen atoms in total. The Morgan fingerprint density at radius 1 is 0.700 bits per heavy atom. The van der Waals surface area contributed by atoms with Crippen LogP contribution < -0.4 is 0 Å². The minimum atomic E-state index is 1.28. The normalized spacial score (nSPS) is 11.2. The fourth-order valence-corrected chi connectivity index (χ4v) is 3.90. The van der Waals surface area contributed by atoms with Crippen LogP contribution in [-0.2, 0) is 0 Å². The van der Waals surface area contributed by atoms with Gasteiger partial charge < -0.3 is 0 Å². The van der Waals surface area contributed by atoms with E-state index in [0.717, 1.165) is 0 Å². The molecule has 1 aromatic heterocycles. The molecule has 0 aliphatic carbocycles. The molecule has 96 valence electrons.